The zero-order valence-corrected chi connectivity index (χ0v) is 14.4. The van der Waals surface area contributed by atoms with Crippen LogP contribution < -0.4 is 5.32 Å². The SMILES string of the molecule is CCCNC1(CO)CCCC1CCN(CC)CCOCC. The first kappa shape index (κ1) is 18.9. The number of nitrogens with zero attached hydrogens (tertiary/aromatic N) is 1. The van der Waals surface area contributed by atoms with Crippen LogP contribution in [-0.4, -0.2) is 61.5 Å². The van der Waals surface area contributed by atoms with Crippen LogP contribution in [0.25, 0.3) is 0 Å². The molecule has 4 heteroatoms. The van der Waals surface area contributed by atoms with E-state index in [4.69, 9.17) is 4.74 Å². The number of aliphatic hydroxyl groups excluding tert-OH is 1. The minimum atomic E-state index is -0.0185. The number of nitrogens with one attached hydrogen (secondary N) is 1. The van der Waals surface area contributed by atoms with Gasteiger partial charge in [0.2, 0.25) is 0 Å². The topological polar surface area (TPSA) is 44.7 Å². The Morgan fingerprint density at radius 3 is 2.71 bits per heavy atom. The van der Waals surface area contributed by atoms with E-state index in [1.807, 2.05) is 6.92 Å². The van der Waals surface area contributed by atoms with Crippen LogP contribution in [0.4, 0.5) is 0 Å². The Morgan fingerprint density at radius 1 is 1.29 bits per heavy atom. The molecule has 0 spiro atoms. The number of aliphatic hydroxyl groups is 1. The summed E-state index contributed by atoms with van der Waals surface area (Å²) in [6, 6.07) is 0. The number of likely N-dealkylation sites (N-methyl/N-ethyl adjacent to an activating group) is 1. The van der Waals surface area contributed by atoms with Crippen molar-refractivity contribution in [1.82, 2.24) is 10.2 Å². The molecule has 0 heterocycles. The summed E-state index contributed by atoms with van der Waals surface area (Å²) < 4.78 is 5.46. The van der Waals surface area contributed by atoms with E-state index in [-0.39, 0.29) is 12.1 Å². The van der Waals surface area contributed by atoms with E-state index in [1.165, 1.54) is 19.3 Å². The van der Waals surface area contributed by atoms with Crippen molar-refractivity contribution in [2.75, 3.05) is 46.0 Å². The summed E-state index contributed by atoms with van der Waals surface area (Å²) in [5, 5.41) is 13.6. The third-order valence-corrected chi connectivity index (χ3v) is 4.96. The van der Waals surface area contributed by atoms with E-state index in [2.05, 4.69) is 24.1 Å². The molecule has 2 atom stereocenters. The van der Waals surface area contributed by atoms with Crippen molar-refractivity contribution in [3.05, 3.63) is 0 Å². The summed E-state index contributed by atoms with van der Waals surface area (Å²) in [6.45, 7) is 12.6. The van der Waals surface area contributed by atoms with Crippen LogP contribution in [0.1, 0.15) is 52.9 Å². The van der Waals surface area contributed by atoms with Crippen LogP contribution in [0.15, 0.2) is 0 Å². The predicted molar refractivity (Wildman–Crippen MR) is 88.7 cm³/mol. The van der Waals surface area contributed by atoms with E-state index >= 15 is 0 Å². The summed E-state index contributed by atoms with van der Waals surface area (Å²) in [6.07, 6.45) is 5.92. The molecule has 2 N–H and O–H groups in total. The van der Waals surface area contributed by atoms with Gasteiger partial charge in [-0.1, -0.05) is 20.3 Å². The molecule has 0 bridgehead atoms. The molecule has 0 aliphatic heterocycles. The molecule has 1 fully saturated rings. The smallest absolute Gasteiger partial charge is 0.0616 e. The summed E-state index contributed by atoms with van der Waals surface area (Å²) >= 11 is 0. The van der Waals surface area contributed by atoms with Crippen LogP contribution in [0, 0.1) is 5.92 Å². The predicted octanol–water partition coefficient (Wildman–Crippen LogP) is 2.27. The molecule has 0 aromatic heterocycles. The fourth-order valence-electron chi connectivity index (χ4n) is 3.54. The molecular weight excluding hydrogens is 264 g/mol. The molecule has 1 saturated carbocycles. The Balaban J connectivity index is 2.43. The highest BCUT2D eigenvalue weighted by Crippen LogP contribution is 2.37. The van der Waals surface area contributed by atoms with Crippen molar-refractivity contribution in [3.8, 4) is 0 Å². The lowest BCUT2D eigenvalue weighted by molar-refractivity contribution is 0.0954. The van der Waals surface area contributed by atoms with Crippen molar-refractivity contribution in [1.29, 1.82) is 0 Å². The van der Waals surface area contributed by atoms with Gasteiger partial charge < -0.3 is 20.1 Å². The van der Waals surface area contributed by atoms with E-state index in [0.717, 1.165) is 52.2 Å². The van der Waals surface area contributed by atoms with Crippen LogP contribution in [0.5, 0.6) is 0 Å². The Labute approximate surface area is 131 Å². The van der Waals surface area contributed by atoms with Crippen LogP contribution in [0.3, 0.4) is 0 Å². The minimum Gasteiger partial charge on any atom is -0.394 e. The molecule has 0 aromatic carbocycles. The minimum absolute atomic E-state index is 0.0185. The van der Waals surface area contributed by atoms with E-state index < -0.39 is 0 Å². The molecule has 1 aliphatic rings. The Kier molecular flexibility index (Phi) is 9.49. The van der Waals surface area contributed by atoms with Crippen molar-refractivity contribution in [2.24, 2.45) is 5.92 Å². The molecule has 0 aromatic rings. The van der Waals surface area contributed by atoms with E-state index in [9.17, 15) is 5.11 Å². The van der Waals surface area contributed by atoms with Crippen LogP contribution in [-0.2, 0) is 4.74 Å². The van der Waals surface area contributed by atoms with Gasteiger partial charge in [-0.05, 0) is 58.2 Å². The van der Waals surface area contributed by atoms with E-state index in [0.29, 0.717) is 5.92 Å². The van der Waals surface area contributed by atoms with Gasteiger partial charge in [0.1, 0.15) is 0 Å². The summed E-state index contributed by atoms with van der Waals surface area (Å²) in [7, 11) is 0. The largest absolute Gasteiger partial charge is 0.394 e. The number of hydrogen-bond donors (Lipinski definition) is 2. The second-order valence-corrected chi connectivity index (χ2v) is 6.25. The molecule has 4 nitrogen and oxygen atoms in total. The fraction of sp³-hybridized carbons (Fsp3) is 1.00. The highest BCUT2D eigenvalue weighted by Gasteiger charge is 2.41. The number of ether oxygens (including phenoxy) is 1. The Morgan fingerprint density at radius 2 is 2.10 bits per heavy atom. The molecule has 1 rings (SSSR count). The van der Waals surface area contributed by atoms with Gasteiger partial charge in [-0.3, -0.25) is 0 Å². The molecule has 0 amide bonds. The first-order chi connectivity index (χ1) is 10.2. The first-order valence-electron chi connectivity index (χ1n) is 8.88. The molecule has 21 heavy (non-hydrogen) atoms. The Hall–Kier alpha value is -0.160. The highest BCUT2D eigenvalue weighted by atomic mass is 16.5. The second-order valence-electron chi connectivity index (χ2n) is 6.25. The maximum absolute atomic E-state index is 9.91. The molecule has 126 valence electrons. The van der Waals surface area contributed by atoms with Crippen LogP contribution >= 0.6 is 0 Å². The third-order valence-electron chi connectivity index (χ3n) is 4.96. The summed E-state index contributed by atoms with van der Waals surface area (Å²) in [5.41, 5.74) is -0.0185. The summed E-state index contributed by atoms with van der Waals surface area (Å²) in [5.74, 6) is 0.607. The van der Waals surface area contributed by atoms with E-state index in [1.54, 1.807) is 0 Å². The van der Waals surface area contributed by atoms with Crippen LogP contribution in [0.2, 0.25) is 0 Å². The van der Waals surface area contributed by atoms with Gasteiger partial charge >= 0.3 is 0 Å². The van der Waals surface area contributed by atoms with Crippen molar-refractivity contribution < 1.29 is 9.84 Å². The lowest BCUT2D eigenvalue weighted by atomic mass is 9.85. The standard InChI is InChI=1S/C17H36N2O2/c1-4-11-18-17(15-20)10-7-8-16(17)9-12-19(5-2)13-14-21-6-3/h16,18,20H,4-15H2,1-3H3. The zero-order chi connectivity index (χ0) is 15.6. The highest BCUT2D eigenvalue weighted by molar-refractivity contribution is 4.99. The lowest BCUT2D eigenvalue weighted by Crippen LogP contribution is -2.52. The molecule has 0 radical (unpaired) electrons. The van der Waals surface area contributed by atoms with Crippen molar-refractivity contribution in [2.45, 2.75) is 58.4 Å². The van der Waals surface area contributed by atoms with Gasteiger partial charge in [-0.15, -0.1) is 0 Å². The maximum atomic E-state index is 9.91. The van der Waals surface area contributed by atoms with Gasteiger partial charge in [-0.25, -0.2) is 0 Å². The van der Waals surface area contributed by atoms with Gasteiger partial charge in [0.25, 0.3) is 0 Å². The monoisotopic (exact) mass is 300 g/mol. The van der Waals surface area contributed by atoms with Gasteiger partial charge in [0.05, 0.1) is 13.2 Å². The first-order valence-corrected chi connectivity index (χ1v) is 8.88. The average Bonchev–Trinajstić information content (AvgIpc) is 2.92. The zero-order valence-electron chi connectivity index (χ0n) is 14.4. The van der Waals surface area contributed by atoms with Crippen molar-refractivity contribution in [3.63, 3.8) is 0 Å². The maximum Gasteiger partial charge on any atom is 0.0616 e. The van der Waals surface area contributed by atoms with Gasteiger partial charge in [-0.2, -0.15) is 0 Å². The Bertz CT molecular complexity index is 263. The second kappa shape index (κ2) is 10.5. The quantitative estimate of drug-likeness (QED) is 0.543. The third kappa shape index (κ3) is 5.85. The lowest BCUT2D eigenvalue weighted by Gasteiger charge is -2.36. The van der Waals surface area contributed by atoms with Crippen molar-refractivity contribution >= 4 is 0 Å². The molecule has 0 saturated heterocycles. The average molecular weight is 300 g/mol. The number of rotatable bonds is 12. The summed E-state index contributed by atoms with van der Waals surface area (Å²) in [4.78, 5) is 2.47. The molecule has 1 aliphatic carbocycles. The molecular formula is C17H36N2O2. The van der Waals surface area contributed by atoms with Gasteiger partial charge in [0.15, 0.2) is 0 Å². The number of hydrogen-bond acceptors (Lipinski definition) is 4. The normalized spacial score (nSPS) is 25.9. The fourth-order valence-corrected chi connectivity index (χ4v) is 3.54. The van der Waals surface area contributed by atoms with Gasteiger partial charge in [0, 0.05) is 18.7 Å². The molecule has 2 unspecified atom stereocenters.